The van der Waals surface area contributed by atoms with Crippen LogP contribution < -0.4 is 5.73 Å². The van der Waals surface area contributed by atoms with Gasteiger partial charge in [-0.1, -0.05) is 16.8 Å². The molecule has 0 atom stereocenters. The van der Waals surface area contributed by atoms with Crippen LogP contribution in [0.4, 0.5) is 5.69 Å². The van der Waals surface area contributed by atoms with E-state index in [2.05, 4.69) is 10.1 Å². The van der Waals surface area contributed by atoms with Crippen molar-refractivity contribution in [1.29, 1.82) is 0 Å². The molecule has 0 bridgehead atoms. The highest BCUT2D eigenvalue weighted by molar-refractivity contribution is 6.30. The predicted octanol–water partition coefficient (Wildman–Crippen LogP) is 3.95. The van der Waals surface area contributed by atoms with E-state index in [1.54, 1.807) is 12.1 Å². The number of nitrogens with two attached hydrogens (primary N) is 1. The fraction of sp³-hybridized carbons (Fsp3) is 0.0667. The molecule has 3 rings (SSSR count). The molecule has 0 saturated carbocycles. The second kappa shape index (κ2) is 4.98. The number of anilines is 1. The molecule has 0 aliphatic rings. The third-order valence-corrected chi connectivity index (χ3v) is 3.30. The lowest BCUT2D eigenvalue weighted by atomic mass is 10.1. The van der Waals surface area contributed by atoms with E-state index in [1.807, 2.05) is 37.3 Å². The van der Waals surface area contributed by atoms with Gasteiger partial charge in [0, 0.05) is 21.8 Å². The van der Waals surface area contributed by atoms with Gasteiger partial charge in [0.1, 0.15) is 0 Å². The molecule has 1 aromatic heterocycles. The number of rotatable bonds is 2. The van der Waals surface area contributed by atoms with Gasteiger partial charge in [-0.3, -0.25) is 0 Å². The zero-order chi connectivity index (χ0) is 14.1. The maximum absolute atomic E-state index is 5.85. The van der Waals surface area contributed by atoms with E-state index >= 15 is 0 Å². The molecular weight excluding hydrogens is 274 g/mol. The molecule has 0 radical (unpaired) electrons. The van der Waals surface area contributed by atoms with Gasteiger partial charge >= 0.3 is 0 Å². The Labute approximate surface area is 121 Å². The van der Waals surface area contributed by atoms with Crippen molar-refractivity contribution >= 4 is 17.3 Å². The summed E-state index contributed by atoms with van der Waals surface area (Å²) < 4.78 is 5.28. The molecule has 1 heterocycles. The zero-order valence-corrected chi connectivity index (χ0v) is 11.6. The molecular formula is C15H12ClN3O. The average molecular weight is 286 g/mol. The van der Waals surface area contributed by atoms with Crippen molar-refractivity contribution in [2.75, 3.05) is 5.73 Å². The average Bonchev–Trinajstić information content (AvgIpc) is 2.92. The molecule has 100 valence electrons. The van der Waals surface area contributed by atoms with E-state index in [4.69, 9.17) is 21.9 Å². The van der Waals surface area contributed by atoms with Crippen molar-refractivity contribution in [3.63, 3.8) is 0 Å². The van der Waals surface area contributed by atoms with Crippen LogP contribution in [-0.2, 0) is 0 Å². The van der Waals surface area contributed by atoms with Crippen LogP contribution in [-0.4, -0.2) is 10.1 Å². The minimum atomic E-state index is 0.464. The minimum Gasteiger partial charge on any atom is -0.399 e. The molecule has 2 aromatic carbocycles. The van der Waals surface area contributed by atoms with Crippen molar-refractivity contribution in [3.8, 4) is 22.8 Å². The standard InChI is InChI=1S/C15H12ClN3O/c1-9-8-11(4-7-13(9)17)14-18-15(20-19-14)10-2-5-12(16)6-3-10/h2-8H,17H2,1H3. The molecule has 0 amide bonds. The molecule has 4 nitrogen and oxygen atoms in total. The van der Waals surface area contributed by atoms with E-state index in [0.29, 0.717) is 16.7 Å². The van der Waals surface area contributed by atoms with Crippen LogP contribution in [0.3, 0.4) is 0 Å². The summed E-state index contributed by atoms with van der Waals surface area (Å²) in [5, 5.41) is 4.67. The van der Waals surface area contributed by atoms with Crippen LogP contribution in [0.5, 0.6) is 0 Å². The molecule has 3 aromatic rings. The highest BCUT2D eigenvalue weighted by atomic mass is 35.5. The van der Waals surface area contributed by atoms with Crippen molar-refractivity contribution in [1.82, 2.24) is 10.1 Å². The normalized spacial score (nSPS) is 10.7. The molecule has 0 aliphatic carbocycles. The Morgan fingerprint density at radius 1 is 1.05 bits per heavy atom. The largest absolute Gasteiger partial charge is 0.399 e. The van der Waals surface area contributed by atoms with Gasteiger partial charge in [0.25, 0.3) is 5.89 Å². The summed E-state index contributed by atoms with van der Waals surface area (Å²) in [5.74, 6) is 1.00. The SMILES string of the molecule is Cc1cc(-c2noc(-c3ccc(Cl)cc3)n2)ccc1N. The monoisotopic (exact) mass is 285 g/mol. The molecule has 0 spiro atoms. The van der Waals surface area contributed by atoms with Gasteiger partial charge < -0.3 is 10.3 Å². The molecule has 20 heavy (non-hydrogen) atoms. The van der Waals surface area contributed by atoms with Gasteiger partial charge in [0.15, 0.2) is 0 Å². The first-order chi connectivity index (χ1) is 9.63. The number of aromatic nitrogens is 2. The summed E-state index contributed by atoms with van der Waals surface area (Å²) >= 11 is 5.85. The predicted molar refractivity (Wildman–Crippen MR) is 79.3 cm³/mol. The number of nitrogen functional groups attached to an aromatic ring is 1. The van der Waals surface area contributed by atoms with Crippen LogP contribution >= 0.6 is 11.6 Å². The molecule has 2 N–H and O–H groups in total. The fourth-order valence-corrected chi connectivity index (χ4v) is 1.99. The topological polar surface area (TPSA) is 64.9 Å². The third-order valence-electron chi connectivity index (χ3n) is 3.05. The Morgan fingerprint density at radius 2 is 1.75 bits per heavy atom. The maximum Gasteiger partial charge on any atom is 0.258 e. The van der Waals surface area contributed by atoms with Gasteiger partial charge in [0.05, 0.1) is 0 Å². The van der Waals surface area contributed by atoms with Crippen LogP contribution in [0.1, 0.15) is 5.56 Å². The van der Waals surface area contributed by atoms with Crippen molar-refractivity contribution in [2.45, 2.75) is 6.92 Å². The van der Waals surface area contributed by atoms with Crippen molar-refractivity contribution in [3.05, 3.63) is 53.1 Å². The minimum absolute atomic E-state index is 0.464. The van der Waals surface area contributed by atoms with Crippen LogP contribution in [0.15, 0.2) is 47.0 Å². The fourth-order valence-electron chi connectivity index (χ4n) is 1.87. The Hall–Kier alpha value is -2.33. The summed E-state index contributed by atoms with van der Waals surface area (Å²) in [7, 11) is 0. The van der Waals surface area contributed by atoms with E-state index in [0.717, 1.165) is 22.4 Å². The second-order valence-corrected chi connectivity index (χ2v) is 4.94. The summed E-state index contributed by atoms with van der Waals surface area (Å²) in [6, 6.07) is 12.9. The van der Waals surface area contributed by atoms with Gasteiger partial charge in [0.2, 0.25) is 5.82 Å². The number of hydrogen-bond donors (Lipinski definition) is 1. The number of aryl methyl sites for hydroxylation is 1. The maximum atomic E-state index is 5.85. The number of benzene rings is 2. The van der Waals surface area contributed by atoms with Gasteiger partial charge in [-0.05, 0) is 55.0 Å². The third kappa shape index (κ3) is 2.38. The Bertz CT molecular complexity index is 750. The van der Waals surface area contributed by atoms with E-state index in [-0.39, 0.29) is 0 Å². The van der Waals surface area contributed by atoms with E-state index in [9.17, 15) is 0 Å². The van der Waals surface area contributed by atoms with Crippen LogP contribution in [0.2, 0.25) is 5.02 Å². The lowest BCUT2D eigenvalue weighted by Gasteiger charge is -2.00. The van der Waals surface area contributed by atoms with Crippen molar-refractivity contribution < 1.29 is 4.52 Å². The number of halogens is 1. The first kappa shape index (κ1) is 12.7. The molecule has 0 aliphatic heterocycles. The first-order valence-corrected chi connectivity index (χ1v) is 6.47. The smallest absolute Gasteiger partial charge is 0.258 e. The number of hydrogen-bond acceptors (Lipinski definition) is 4. The quantitative estimate of drug-likeness (QED) is 0.724. The van der Waals surface area contributed by atoms with Gasteiger partial charge in [-0.2, -0.15) is 4.98 Å². The number of nitrogens with zero attached hydrogens (tertiary/aromatic N) is 2. The van der Waals surface area contributed by atoms with E-state index < -0.39 is 0 Å². The summed E-state index contributed by atoms with van der Waals surface area (Å²) in [4.78, 5) is 4.39. The first-order valence-electron chi connectivity index (χ1n) is 6.09. The molecule has 0 unspecified atom stereocenters. The lowest BCUT2D eigenvalue weighted by Crippen LogP contribution is -1.90. The summed E-state index contributed by atoms with van der Waals surface area (Å²) in [6.07, 6.45) is 0. The van der Waals surface area contributed by atoms with Crippen molar-refractivity contribution in [2.24, 2.45) is 0 Å². The summed E-state index contributed by atoms with van der Waals surface area (Å²) in [5.41, 5.74) is 9.24. The highest BCUT2D eigenvalue weighted by Crippen LogP contribution is 2.25. The highest BCUT2D eigenvalue weighted by Gasteiger charge is 2.11. The Kier molecular flexibility index (Phi) is 3.16. The van der Waals surface area contributed by atoms with Crippen LogP contribution in [0, 0.1) is 6.92 Å². The molecule has 0 saturated heterocycles. The van der Waals surface area contributed by atoms with Gasteiger partial charge in [-0.25, -0.2) is 0 Å². The van der Waals surface area contributed by atoms with Crippen LogP contribution in [0.25, 0.3) is 22.8 Å². The molecule has 5 heteroatoms. The molecule has 0 fully saturated rings. The summed E-state index contributed by atoms with van der Waals surface area (Å²) in [6.45, 7) is 1.94. The van der Waals surface area contributed by atoms with Gasteiger partial charge in [-0.15, -0.1) is 0 Å². The zero-order valence-electron chi connectivity index (χ0n) is 10.8. The lowest BCUT2D eigenvalue weighted by molar-refractivity contribution is 0.432. The Balaban J connectivity index is 1.97. The second-order valence-electron chi connectivity index (χ2n) is 4.50. The van der Waals surface area contributed by atoms with E-state index in [1.165, 1.54) is 0 Å². The Morgan fingerprint density at radius 3 is 2.45 bits per heavy atom.